The van der Waals surface area contributed by atoms with Crippen molar-refractivity contribution in [3.05, 3.63) is 30.1 Å². The van der Waals surface area contributed by atoms with Gasteiger partial charge in [-0.2, -0.15) is 0 Å². The van der Waals surface area contributed by atoms with Gasteiger partial charge in [0.05, 0.1) is 10.9 Å². The summed E-state index contributed by atoms with van der Waals surface area (Å²) in [4.78, 5) is 12.2. The maximum absolute atomic E-state index is 12.7. The summed E-state index contributed by atoms with van der Waals surface area (Å²) >= 11 is 5.24. The van der Waals surface area contributed by atoms with Gasteiger partial charge in [0.2, 0.25) is 0 Å². The number of hydrogen-bond donors (Lipinski definition) is 1. The zero-order valence-electron chi connectivity index (χ0n) is 9.41. The van der Waals surface area contributed by atoms with E-state index < -0.39 is 0 Å². The number of Topliss-reactive ketones (excluding diaryl/α,β-unsaturated/α-hetero) is 1. The van der Waals surface area contributed by atoms with Crippen molar-refractivity contribution < 1.29 is 9.18 Å². The van der Waals surface area contributed by atoms with Crippen LogP contribution < -0.4 is 5.32 Å². The van der Waals surface area contributed by atoms with E-state index in [4.69, 9.17) is 12.2 Å². The van der Waals surface area contributed by atoms with Crippen molar-refractivity contribution in [1.82, 2.24) is 0 Å². The van der Waals surface area contributed by atoms with Crippen molar-refractivity contribution in [2.24, 2.45) is 5.92 Å². The topological polar surface area (TPSA) is 29.1 Å². The molecule has 0 saturated heterocycles. The van der Waals surface area contributed by atoms with Crippen molar-refractivity contribution in [2.45, 2.75) is 25.7 Å². The molecule has 0 radical (unpaired) electrons. The molecule has 4 heteroatoms. The highest BCUT2D eigenvalue weighted by Gasteiger charge is 2.25. The van der Waals surface area contributed by atoms with E-state index in [0.717, 1.165) is 24.9 Å². The Labute approximate surface area is 105 Å². The third-order valence-corrected chi connectivity index (χ3v) is 3.37. The van der Waals surface area contributed by atoms with Crippen molar-refractivity contribution in [3.8, 4) is 0 Å². The summed E-state index contributed by atoms with van der Waals surface area (Å²) in [5, 5.41) is 3.01. The summed E-state index contributed by atoms with van der Waals surface area (Å²) in [7, 11) is 0. The van der Waals surface area contributed by atoms with Gasteiger partial charge in [-0.3, -0.25) is 4.79 Å². The first kappa shape index (κ1) is 12.2. The third kappa shape index (κ3) is 3.09. The molecule has 17 heavy (non-hydrogen) atoms. The van der Waals surface area contributed by atoms with Crippen LogP contribution in [0.4, 0.5) is 10.1 Å². The van der Waals surface area contributed by atoms with E-state index in [0.29, 0.717) is 11.4 Å². The van der Waals surface area contributed by atoms with Crippen LogP contribution in [0.15, 0.2) is 24.3 Å². The first-order valence-electron chi connectivity index (χ1n) is 5.76. The summed E-state index contributed by atoms with van der Waals surface area (Å²) in [6.07, 6.45) is 3.46. The standard InChI is InChI=1S/C13H14FNOS/c14-9-5-7-10(8-6-9)15-13(17)11-3-1-2-4-12(11)16/h5-8,11H,1-4H2,(H,15,17). The molecule has 1 aromatic carbocycles. The predicted octanol–water partition coefficient (Wildman–Crippen LogP) is 3.32. The number of carbonyl (C=O) groups is 1. The van der Waals surface area contributed by atoms with Crippen LogP contribution in [-0.2, 0) is 4.79 Å². The third-order valence-electron chi connectivity index (χ3n) is 2.98. The summed E-state index contributed by atoms with van der Waals surface area (Å²) in [6.45, 7) is 0. The second-order valence-electron chi connectivity index (χ2n) is 4.26. The van der Waals surface area contributed by atoms with Crippen LogP contribution in [0.3, 0.4) is 0 Å². The summed E-state index contributed by atoms with van der Waals surface area (Å²) in [6, 6.07) is 5.98. The number of benzene rings is 1. The molecule has 1 aliphatic rings. The average Bonchev–Trinajstić information content (AvgIpc) is 2.32. The lowest BCUT2D eigenvalue weighted by molar-refractivity contribution is -0.122. The zero-order chi connectivity index (χ0) is 12.3. The maximum Gasteiger partial charge on any atom is 0.142 e. The van der Waals surface area contributed by atoms with Crippen molar-refractivity contribution in [2.75, 3.05) is 5.32 Å². The number of thiocarbonyl (C=S) groups is 1. The highest BCUT2D eigenvalue weighted by Crippen LogP contribution is 2.23. The molecule has 0 heterocycles. The van der Waals surface area contributed by atoms with Crippen LogP contribution in [0.25, 0.3) is 0 Å². The molecule has 2 nitrogen and oxygen atoms in total. The van der Waals surface area contributed by atoms with Gasteiger partial charge in [-0.15, -0.1) is 0 Å². The minimum Gasteiger partial charge on any atom is -0.349 e. The summed E-state index contributed by atoms with van der Waals surface area (Å²) in [5.74, 6) is -0.227. The van der Waals surface area contributed by atoms with E-state index in [-0.39, 0.29) is 17.5 Å². The van der Waals surface area contributed by atoms with E-state index in [2.05, 4.69) is 5.32 Å². The normalized spacial score (nSPS) is 20.1. The van der Waals surface area contributed by atoms with Crippen LogP contribution in [0.1, 0.15) is 25.7 Å². The van der Waals surface area contributed by atoms with Gasteiger partial charge in [-0.05, 0) is 37.1 Å². The molecule has 2 rings (SSSR count). The lowest BCUT2D eigenvalue weighted by Gasteiger charge is -2.22. The van der Waals surface area contributed by atoms with Crippen LogP contribution in [-0.4, -0.2) is 10.8 Å². The molecular weight excluding hydrogens is 237 g/mol. The summed E-state index contributed by atoms with van der Waals surface area (Å²) in [5.41, 5.74) is 0.731. The van der Waals surface area contributed by atoms with Gasteiger partial charge in [0.1, 0.15) is 11.6 Å². The van der Waals surface area contributed by atoms with Crippen LogP contribution in [0, 0.1) is 11.7 Å². The number of hydrogen-bond acceptors (Lipinski definition) is 2. The minimum absolute atomic E-state index is 0.163. The zero-order valence-corrected chi connectivity index (χ0v) is 10.2. The van der Waals surface area contributed by atoms with Crippen molar-refractivity contribution in [1.29, 1.82) is 0 Å². The highest BCUT2D eigenvalue weighted by molar-refractivity contribution is 7.80. The minimum atomic E-state index is -0.282. The van der Waals surface area contributed by atoms with E-state index in [1.165, 1.54) is 12.1 Å². The second kappa shape index (κ2) is 5.36. The Balaban J connectivity index is 2.00. The molecule has 0 aliphatic heterocycles. The highest BCUT2D eigenvalue weighted by atomic mass is 32.1. The van der Waals surface area contributed by atoms with E-state index in [1.807, 2.05) is 0 Å². The molecule has 1 aliphatic carbocycles. The Kier molecular flexibility index (Phi) is 3.84. The lowest BCUT2D eigenvalue weighted by Crippen LogP contribution is -2.30. The fourth-order valence-corrected chi connectivity index (χ4v) is 2.39. The predicted molar refractivity (Wildman–Crippen MR) is 69.6 cm³/mol. The molecule has 1 aromatic rings. The molecule has 0 bridgehead atoms. The van der Waals surface area contributed by atoms with Gasteiger partial charge in [0, 0.05) is 12.1 Å². The van der Waals surface area contributed by atoms with Gasteiger partial charge < -0.3 is 5.32 Å². The number of halogens is 1. The molecular formula is C13H14FNOS. The Morgan fingerprint density at radius 1 is 1.29 bits per heavy atom. The number of carbonyl (C=O) groups excluding carboxylic acids is 1. The second-order valence-corrected chi connectivity index (χ2v) is 4.70. The molecule has 1 unspecified atom stereocenters. The van der Waals surface area contributed by atoms with E-state index in [1.54, 1.807) is 12.1 Å². The Morgan fingerprint density at radius 2 is 2.00 bits per heavy atom. The van der Waals surface area contributed by atoms with Gasteiger partial charge in [-0.1, -0.05) is 18.6 Å². The Hall–Kier alpha value is -1.29. The Bertz CT molecular complexity index is 430. The molecule has 1 fully saturated rings. The molecule has 0 amide bonds. The van der Waals surface area contributed by atoms with Gasteiger partial charge in [0.15, 0.2) is 0 Å². The van der Waals surface area contributed by atoms with Crippen molar-refractivity contribution in [3.63, 3.8) is 0 Å². The summed E-state index contributed by atoms with van der Waals surface area (Å²) < 4.78 is 12.7. The fraction of sp³-hybridized carbons (Fsp3) is 0.385. The van der Waals surface area contributed by atoms with E-state index >= 15 is 0 Å². The fourth-order valence-electron chi connectivity index (χ4n) is 2.02. The average molecular weight is 251 g/mol. The quantitative estimate of drug-likeness (QED) is 0.817. The number of rotatable bonds is 2. The molecule has 1 saturated carbocycles. The van der Waals surface area contributed by atoms with Gasteiger partial charge in [-0.25, -0.2) is 4.39 Å². The van der Waals surface area contributed by atoms with E-state index in [9.17, 15) is 9.18 Å². The number of ketones is 1. The largest absolute Gasteiger partial charge is 0.349 e. The molecule has 0 spiro atoms. The van der Waals surface area contributed by atoms with Gasteiger partial charge >= 0.3 is 0 Å². The first-order valence-corrected chi connectivity index (χ1v) is 6.17. The molecule has 0 aromatic heterocycles. The molecule has 1 N–H and O–H groups in total. The monoisotopic (exact) mass is 251 g/mol. The van der Waals surface area contributed by atoms with Crippen LogP contribution in [0.5, 0.6) is 0 Å². The Morgan fingerprint density at radius 3 is 2.65 bits per heavy atom. The van der Waals surface area contributed by atoms with Crippen LogP contribution in [0.2, 0.25) is 0 Å². The number of nitrogens with one attached hydrogen (secondary N) is 1. The maximum atomic E-state index is 12.7. The smallest absolute Gasteiger partial charge is 0.142 e. The molecule has 1 atom stereocenters. The van der Waals surface area contributed by atoms with Crippen molar-refractivity contribution >= 4 is 28.7 Å². The SMILES string of the molecule is O=C1CCCCC1C(=S)Nc1ccc(F)cc1. The first-order chi connectivity index (χ1) is 8.16. The molecule has 90 valence electrons. The van der Waals surface area contributed by atoms with Gasteiger partial charge in [0.25, 0.3) is 0 Å². The number of anilines is 1. The lowest BCUT2D eigenvalue weighted by atomic mass is 9.88. The van der Waals surface area contributed by atoms with Crippen LogP contribution >= 0.6 is 12.2 Å².